The minimum absolute atomic E-state index is 0.239. The van der Waals surface area contributed by atoms with Crippen molar-refractivity contribution in [2.45, 2.75) is 13.0 Å². The Morgan fingerprint density at radius 1 is 1.23 bits per heavy atom. The van der Waals surface area contributed by atoms with E-state index >= 15 is 0 Å². The van der Waals surface area contributed by atoms with Crippen LogP contribution in [0.4, 0.5) is 11.4 Å². The van der Waals surface area contributed by atoms with Crippen LogP contribution < -0.4 is 20.1 Å². The molecule has 0 aliphatic heterocycles. The van der Waals surface area contributed by atoms with Crippen molar-refractivity contribution in [2.24, 2.45) is 0 Å². The Balaban J connectivity index is 2.05. The van der Waals surface area contributed by atoms with Gasteiger partial charge in [-0.2, -0.15) is 0 Å². The lowest BCUT2D eigenvalue weighted by molar-refractivity contribution is -0.117. The van der Waals surface area contributed by atoms with E-state index in [0.29, 0.717) is 11.3 Å². The molecule has 26 heavy (non-hydrogen) atoms. The lowest BCUT2D eigenvalue weighted by Gasteiger charge is -2.15. The van der Waals surface area contributed by atoms with Gasteiger partial charge in [0, 0.05) is 11.8 Å². The van der Waals surface area contributed by atoms with Gasteiger partial charge in [-0.3, -0.25) is 14.3 Å². The van der Waals surface area contributed by atoms with Gasteiger partial charge in [0.15, 0.2) is 0 Å². The van der Waals surface area contributed by atoms with Gasteiger partial charge < -0.3 is 19.8 Å². The van der Waals surface area contributed by atoms with Gasteiger partial charge in [-0.15, -0.1) is 0 Å². The van der Waals surface area contributed by atoms with E-state index in [2.05, 4.69) is 15.4 Å². The number of carbonyl (C=O) groups excluding carboxylic acids is 2. The number of benzene rings is 1. The SMILES string of the molecule is COc1cc(NC(=O)C(C)NC(=O)c2ccoc2)ccc1NS(C)(=O)=O. The summed E-state index contributed by atoms with van der Waals surface area (Å²) in [6.07, 6.45) is 3.66. The van der Waals surface area contributed by atoms with Crippen molar-refractivity contribution >= 4 is 33.2 Å². The fraction of sp³-hybridized carbons (Fsp3) is 0.250. The van der Waals surface area contributed by atoms with E-state index in [-0.39, 0.29) is 11.4 Å². The number of furan rings is 1. The molecule has 0 aliphatic rings. The van der Waals surface area contributed by atoms with Crippen molar-refractivity contribution in [1.82, 2.24) is 5.32 Å². The first-order valence-corrected chi connectivity index (χ1v) is 9.38. The molecule has 1 heterocycles. The summed E-state index contributed by atoms with van der Waals surface area (Å²) in [6, 6.07) is 5.12. The third-order valence-electron chi connectivity index (χ3n) is 3.29. The Morgan fingerprint density at radius 2 is 1.96 bits per heavy atom. The molecule has 0 aliphatic carbocycles. The predicted molar refractivity (Wildman–Crippen MR) is 95.7 cm³/mol. The van der Waals surface area contributed by atoms with Crippen molar-refractivity contribution in [3.63, 3.8) is 0 Å². The highest BCUT2D eigenvalue weighted by molar-refractivity contribution is 7.92. The van der Waals surface area contributed by atoms with Crippen molar-refractivity contribution < 1.29 is 27.2 Å². The lowest BCUT2D eigenvalue weighted by Crippen LogP contribution is -2.41. The number of hydrogen-bond donors (Lipinski definition) is 3. The van der Waals surface area contributed by atoms with E-state index in [1.807, 2.05) is 0 Å². The highest BCUT2D eigenvalue weighted by Crippen LogP contribution is 2.28. The van der Waals surface area contributed by atoms with E-state index < -0.39 is 27.9 Å². The van der Waals surface area contributed by atoms with Crippen LogP contribution in [-0.2, 0) is 14.8 Å². The molecule has 0 spiro atoms. The zero-order valence-corrected chi connectivity index (χ0v) is 15.2. The summed E-state index contributed by atoms with van der Waals surface area (Å²) in [5.41, 5.74) is 0.937. The molecule has 1 aromatic carbocycles. The van der Waals surface area contributed by atoms with Crippen LogP contribution >= 0.6 is 0 Å². The first-order valence-electron chi connectivity index (χ1n) is 7.49. The summed E-state index contributed by atoms with van der Waals surface area (Å²) >= 11 is 0. The van der Waals surface area contributed by atoms with E-state index in [9.17, 15) is 18.0 Å². The Morgan fingerprint density at radius 3 is 2.54 bits per heavy atom. The Hall–Kier alpha value is -3.01. The summed E-state index contributed by atoms with van der Waals surface area (Å²) < 4.78 is 34.9. The topological polar surface area (TPSA) is 127 Å². The number of nitrogens with one attached hydrogen (secondary N) is 3. The summed E-state index contributed by atoms with van der Waals surface area (Å²) in [5, 5.41) is 5.16. The number of sulfonamides is 1. The van der Waals surface area contributed by atoms with Crippen LogP contribution in [0, 0.1) is 0 Å². The van der Waals surface area contributed by atoms with Crippen LogP contribution in [-0.4, -0.2) is 39.6 Å². The van der Waals surface area contributed by atoms with Crippen molar-refractivity contribution in [3.05, 3.63) is 42.4 Å². The zero-order valence-electron chi connectivity index (χ0n) is 14.4. The molecule has 2 aromatic rings. The highest BCUT2D eigenvalue weighted by Gasteiger charge is 2.18. The molecule has 0 saturated heterocycles. The van der Waals surface area contributed by atoms with Crippen molar-refractivity contribution in [2.75, 3.05) is 23.4 Å². The average Bonchev–Trinajstić information content (AvgIpc) is 3.09. The van der Waals surface area contributed by atoms with Crippen LogP contribution in [0.3, 0.4) is 0 Å². The molecule has 0 bridgehead atoms. The minimum Gasteiger partial charge on any atom is -0.494 e. The second kappa shape index (κ2) is 7.91. The molecule has 10 heteroatoms. The van der Waals surface area contributed by atoms with E-state index in [1.54, 1.807) is 0 Å². The van der Waals surface area contributed by atoms with Crippen LogP contribution in [0.2, 0.25) is 0 Å². The maximum absolute atomic E-state index is 12.2. The quantitative estimate of drug-likeness (QED) is 0.666. The number of methoxy groups -OCH3 is 1. The van der Waals surface area contributed by atoms with Gasteiger partial charge in [-0.25, -0.2) is 8.42 Å². The number of anilines is 2. The van der Waals surface area contributed by atoms with Gasteiger partial charge in [0.2, 0.25) is 15.9 Å². The Bertz CT molecular complexity index is 893. The van der Waals surface area contributed by atoms with Gasteiger partial charge >= 0.3 is 0 Å². The monoisotopic (exact) mass is 381 g/mol. The van der Waals surface area contributed by atoms with E-state index in [1.165, 1.54) is 50.8 Å². The van der Waals surface area contributed by atoms with Gasteiger partial charge in [-0.05, 0) is 25.1 Å². The number of carbonyl (C=O) groups is 2. The molecule has 2 amide bonds. The molecular weight excluding hydrogens is 362 g/mol. The normalized spacial score (nSPS) is 12.1. The van der Waals surface area contributed by atoms with E-state index in [0.717, 1.165) is 6.26 Å². The number of rotatable bonds is 7. The van der Waals surface area contributed by atoms with Crippen LogP contribution in [0.15, 0.2) is 41.2 Å². The largest absolute Gasteiger partial charge is 0.494 e. The molecule has 0 saturated carbocycles. The highest BCUT2D eigenvalue weighted by atomic mass is 32.2. The second-order valence-electron chi connectivity index (χ2n) is 5.49. The van der Waals surface area contributed by atoms with Gasteiger partial charge in [0.25, 0.3) is 5.91 Å². The first-order chi connectivity index (χ1) is 12.2. The minimum atomic E-state index is -3.47. The smallest absolute Gasteiger partial charge is 0.255 e. The average molecular weight is 381 g/mol. The molecule has 1 aromatic heterocycles. The third kappa shape index (κ3) is 5.24. The van der Waals surface area contributed by atoms with Crippen LogP contribution in [0.25, 0.3) is 0 Å². The van der Waals surface area contributed by atoms with Gasteiger partial charge in [-0.1, -0.05) is 0 Å². The molecule has 1 unspecified atom stereocenters. The maximum atomic E-state index is 12.2. The molecule has 140 valence electrons. The summed E-state index contributed by atoms with van der Waals surface area (Å²) in [7, 11) is -2.09. The van der Waals surface area contributed by atoms with E-state index in [4.69, 9.17) is 9.15 Å². The van der Waals surface area contributed by atoms with Gasteiger partial charge in [0.1, 0.15) is 18.1 Å². The molecule has 0 radical (unpaired) electrons. The van der Waals surface area contributed by atoms with Gasteiger partial charge in [0.05, 0.1) is 30.9 Å². The number of hydrogen-bond acceptors (Lipinski definition) is 6. The second-order valence-corrected chi connectivity index (χ2v) is 7.23. The molecule has 9 nitrogen and oxygen atoms in total. The molecule has 0 fully saturated rings. The first kappa shape index (κ1) is 19.3. The zero-order chi connectivity index (χ0) is 19.3. The van der Waals surface area contributed by atoms with Crippen molar-refractivity contribution in [3.8, 4) is 5.75 Å². The third-order valence-corrected chi connectivity index (χ3v) is 3.88. The standard InChI is InChI=1S/C16H19N3O6S/c1-10(17-16(21)11-6-7-25-9-11)15(20)18-12-4-5-13(14(8-12)24-2)19-26(3,22)23/h4-10,19H,1-3H3,(H,17,21)(H,18,20). The van der Waals surface area contributed by atoms with Crippen LogP contribution in [0.1, 0.15) is 17.3 Å². The molecular formula is C16H19N3O6S. The molecule has 2 rings (SSSR count). The lowest BCUT2D eigenvalue weighted by atomic mass is 10.2. The number of amides is 2. The number of ether oxygens (including phenoxy) is 1. The molecule has 1 atom stereocenters. The fourth-order valence-electron chi connectivity index (χ4n) is 2.04. The van der Waals surface area contributed by atoms with Crippen molar-refractivity contribution in [1.29, 1.82) is 0 Å². The maximum Gasteiger partial charge on any atom is 0.255 e. The molecule has 3 N–H and O–H groups in total. The summed E-state index contributed by atoms with van der Waals surface area (Å²) in [4.78, 5) is 24.1. The fourth-order valence-corrected chi connectivity index (χ4v) is 2.61. The predicted octanol–water partition coefficient (Wildman–Crippen LogP) is 1.42. The summed E-state index contributed by atoms with van der Waals surface area (Å²) in [6.45, 7) is 1.53. The van der Waals surface area contributed by atoms with Crippen LogP contribution in [0.5, 0.6) is 5.75 Å². The Labute approximate surface area is 150 Å². The summed E-state index contributed by atoms with van der Waals surface area (Å²) in [5.74, 6) is -0.650. The Kier molecular flexibility index (Phi) is 5.88.